The summed E-state index contributed by atoms with van der Waals surface area (Å²) in [5, 5.41) is 0. The van der Waals surface area contributed by atoms with Crippen LogP contribution in [0.1, 0.15) is 45.6 Å². The van der Waals surface area contributed by atoms with Crippen LogP contribution in [0.5, 0.6) is 0 Å². The highest BCUT2D eigenvalue weighted by Crippen LogP contribution is 2.25. The number of aryl methyl sites for hydroxylation is 2. The average molecular weight is 365 g/mol. The van der Waals surface area contributed by atoms with Crippen LogP contribution in [0.25, 0.3) is 0 Å². The summed E-state index contributed by atoms with van der Waals surface area (Å²) in [7, 11) is 0. The molecule has 0 atom stereocenters. The van der Waals surface area contributed by atoms with E-state index in [1.54, 1.807) is 6.07 Å². The third-order valence-corrected chi connectivity index (χ3v) is 6.16. The lowest BCUT2D eigenvalue weighted by atomic mass is 9.95. The van der Waals surface area contributed by atoms with Gasteiger partial charge in [0.05, 0.1) is 0 Å². The number of pyridine rings is 1. The summed E-state index contributed by atoms with van der Waals surface area (Å²) < 4.78 is 0. The first kappa shape index (κ1) is 18.0. The van der Waals surface area contributed by atoms with Gasteiger partial charge in [-0.2, -0.15) is 0 Å². The zero-order valence-corrected chi connectivity index (χ0v) is 16.1. The molecule has 3 heterocycles. The molecule has 0 aliphatic carbocycles. The van der Waals surface area contributed by atoms with Crippen LogP contribution in [-0.2, 0) is 13.0 Å². The van der Waals surface area contributed by atoms with Crippen LogP contribution in [-0.4, -0.2) is 46.4 Å². The number of rotatable bonds is 2. The third-order valence-electron chi connectivity index (χ3n) is 6.16. The Kier molecular flexibility index (Phi) is 4.87. The Morgan fingerprint density at radius 1 is 1.07 bits per heavy atom. The maximum Gasteiger partial charge on any atom is 0.261 e. The molecule has 1 amide bonds. The number of amides is 1. The second-order valence-electron chi connectivity index (χ2n) is 7.83. The van der Waals surface area contributed by atoms with E-state index in [0.717, 1.165) is 43.6 Å². The first-order valence-corrected chi connectivity index (χ1v) is 9.83. The van der Waals surface area contributed by atoms with Crippen molar-refractivity contribution in [3.05, 3.63) is 68.6 Å². The van der Waals surface area contributed by atoms with Gasteiger partial charge in [0.1, 0.15) is 5.56 Å². The Morgan fingerprint density at radius 3 is 2.52 bits per heavy atom. The summed E-state index contributed by atoms with van der Waals surface area (Å²) in [6.45, 7) is 7.30. The lowest BCUT2D eigenvalue weighted by molar-refractivity contribution is 0.0597. The normalized spacial score (nSPS) is 18.4. The van der Waals surface area contributed by atoms with Crippen LogP contribution in [0.2, 0.25) is 0 Å². The predicted molar refractivity (Wildman–Crippen MR) is 106 cm³/mol. The van der Waals surface area contributed by atoms with Gasteiger partial charge in [0.2, 0.25) is 0 Å². The van der Waals surface area contributed by atoms with Crippen molar-refractivity contribution < 1.29 is 4.79 Å². The molecule has 0 radical (unpaired) electrons. The smallest absolute Gasteiger partial charge is 0.261 e. The molecule has 5 nitrogen and oxygen atoms in total. The van der Waals surface area contributed by atoms with E-state index in [4.69, 9.17) is 0 Å². The summed E-state index contributed by atoms with van der Waals surface area (Å²) in [5.74, 6) is -0.137. The van der Waals surface area contributed by atoms with Gasteiger partial charge in [-0.05, 0) is 55.9 Å². The van der Waals surface area contributed by atoms with Gasteiger partial charge in [0, 0.05) is 37.9 Å². The van der Waals surface area contributed by atoms with Crippen molar-refractivity contribution in [1.29, 1.82) is 0 Å². The number of nitrogens with zero attached hydrogens (tertiary/aromatic N) is 2. The molecule has 2 aliphatic heterocycles. The number of piperidine rings is 1. The number of benzene rings is 1. The molecular weight excluding hydrogens is 338 g/mol. The van der Waals surface area contributed by atoms with Crippen LogP contribution in [0, 0.1) is 13.8 Å². The molecule has 1 fully saturated rings. The van der Waals surface area contributed by atoms with Gasteiger partial charge in [-0.25, -0.2) is 0 Å². The number of likely N-dealkylation sites (tertiary alicyclic amines) is 1. The fourth-order valence-electron chi connectivity index (χ4n) is 4.32. The predicted octanol–water partition coefficient (Wildman–Crippen LogP) is 2.65. The van der Waals surface area contributed by atoms with Crippen molar-refractivity contribution in [3.63, 3.8) is 0 Å². The minimum atomic E-state index is -0.280. The van der Waals surface area contributed by atoms with Gasteiger partial charge >= 0.3 is 0 Å². The van der Waals surface area contributed by atoms with Crippen LogP contribution in [0.15, 0.2) is 35.1 Å². The molecule has 142 valence electrons. The fourth-order valence-corrected chi connectivity index (χ4v) is 4.32. The fraction of sp³-hybridized carbons (Fsp3) is 0.455. The minimum Gasteiger partial charge on any atom is -0.338 e. The Balaban J connectivity index is 1.40. The van der Waals surface area contributed by atoms with E-state index in [-0.39, 0.29) is 17.0 Å². The molecule has 2 aliphatic rings. The average Bonchev–Trinajstić information content (AvgIpc) is 2.70. The standard InChI is InChI=1S/C22H27N3O2/c1-15-13-20(21(26)23-16(15)2)22(27)24-11-8-19(9-12-24)25-10-7-17-5-3-4-6-18(17)14-25/h3-6,13,19H,7-12,14H2,1-2H3,(H,23,26). The van der Waals surface area contributed by atoms with E-state index in [1.165, 1.54) is 11.1 Å². The van der Waals surface area contributed by atoms with Gasteiger partial charge in [-0.1, -0.05) is 24.3 Å². The summed E-state index contributed by atoms with van der Waals surface area (Å²) >= 11 is 0. The van der Waals surface area contributed by atoms with Crippen LogP contribution < -0.4 is 5.56 Å². The number of carbonyl (C=O) groups is 1. The zero-order valence-electron chi connectivity index (χ0n) is 16.1. The SMILES string of the molecule is Cc1cc(C(=O)N2CCC(N3CCc4ccccc4C3)CC2)c(=O)[nH]c1C. The molecular formula is C22H27N3O2. The van der Waals surface area contributed by atoms with Crippen molar-refractivity contribution >= 4 is 5.91 Å². The highest BCUT2D eigenvalue weighted by Gasteiger charge is 2.30. The topological polar surface area (TPSA) is 56.4 Å². The highest BCUT2D eigenvalue weighted by atomic mass is 16.2. The molecule has 1 saturated heterocycles. The number of nitrogens with one attached hydrogen (secondary N) is 1. The summed E-state index contributed by atoms with van der Waals surface area (Å²) in [6, 6.07) is 10.9. The van der Waals surface area contributed by atoms with Gasteiger partial charge in [-0.15, -0.1) is 0 Å². The van der Waals surface area contributed by atoms with Crippen molar-refractivity contribution in [2.75, 3.05) is 19.6 Å². The minimum absolute atomic E-state index is 0.137. The van der Waals surface area contributed by atoms with Crippen LogP contribution in [0.4, 0.5) is 0 Å². The molecule has 0 bridgehead atoms. The first-order chi connectivity index (χ1) is 13.0. The third kappa shape index (κ3) is 3.56. The number of aromatic nitrogens is 1. The Bertz CT molecular complexity index is 910. The lowest BCUT2D eigenvalue weighted by Gasteiger charge is -2.40. The van der Waals surface area contributed by atoms with E-state index in [2.05, 4.69) is 34.1 Å². The number of carbonyl (C=O) groups excluding carboxylic acids is 1. The second kappa shape index (κ2) is 7.31. The van der Waals surface area contributed by atoms with E-state index in [0.29, 0.717) is 19.1 Å². The molecule has 0 saturated carbocycles. The second-order valence-corrected chi connectivity index (χ2v) is 7.83. The van der Waals surface area contributed by atoms with Crippen molar-refractivity contribution in [1.82, 2.24) is 14.8 Å². The van der Waals surface area contributed by atoms with Crippen molar-refractivity contribution in [2.45, 2.75) is 45.7 Å². The Hall–Kier alpha value is -2.40. The van der Waals surface area contributed by atoms with E-state index in [1.807, 2.05) is 18.7 Å². The van der Waals surface area contributed by atoms with E-state index in [9.17, 15) is 9.59 Å². The van der Waals surface area contributed by atoms with Gasteiger partial charge in [-0.3, -0.25) is 14.5 Å². The van der Waals surface area contributed by atoms with E-state index >= 15 is 0 Å². The summed E-state index contributed by atoms with van der Waals surface area (Å²) in [5.41, 5.74) is 4.65. The van der Waals surface area contributed by atoms with Crippen LogP contribution in [0.3, 0.4) is 0 Å². The number of hydrogen-bond donors (Lipinski definition) is 1. The van der Waals surface area contributed by atoms with Crippen LogP contribution >= 0.6 is 0 Å². The summed E-state index contributed by atoms with van der Waals surface area (Å²) in [4.78, 5) is 32.2. The quantitative estimate of drug-likeness (QED) is 0.890. The number of aromatic amines is 1. The summed E-state index contributed by atoms with van der Waals surface area (Å²) in [6.07, 6.45) is 3.04. The molecule has 5 heteroatoms. The lowest BCUT2D eigenvalue weighted by Crippen LogP contribution is -2.48. The number of fused-ring (bicyclic) bond motifs is 1. The van der Waals surface area contributed by atoms with Crippen molar-refractivity contribution in [3.8, 4) is 0 Å². The molecule has 27 heavy (non-hydrogen) atoms. The first-order valence-electron chi connectivity index (χ1n) is 9.83. The molecule has 1 aromatic carbocycles. The Morgan fingerprint density at radius 2 is 1.78 bits per heavy atom. The number of H-pyrrole nitrogens is 1. The molecule has 4 rings (SSSR count). The Labute approximate surface area is 160 Å². The zero-order chi connectivity index (χ0) is 19.0. The highest BCUT2D eigenvalue weighted by molar-refractivity contribution is 5.94. The van der Waals surface area contributed by atoms with Gasteiger partial charge in [0.15, 0.2) is 0 Å². The number of hydrogen-bond acceptors (Lipinski definition) is 3. The van der Waals surface area contributed by atoms with Crippen molar-refractivity contribution in [2.24, 2.45) is 0 Å². The molecule has 1 aromatic heterocycles. The van der Waals surface area contributed by atoms with Gasteiger partial charge in [0.25, 0.3) is 11.5 Å². The molecule has 0 unspecified atom stereocenters. The molecule has 1 N–H and O–H groups in total. The molecule has 2 aromatic rings. The largest absolute Gasteiger partial charge is 0.338 e. The monoisotopic (exact) mass is 365 g/mol. The molecule has 0 spiro atoms. The maximum absolute atomic E-state index is 12.8. The van der Waals surface area contributed by atoms with Gasteiger partial charge < -0.3 is 9.88 Å². The van der Waals surface area contributed by atoms with E-state index < -0.39 is 0 Å². The maximum atomic E-state index is 12.8.